The summed E-state index contributed by atoms with van der Waals surface area (Å²) in [6, 6.07) is 16.2. The first-order chi connectivity index (χ1) is 18.8. The number of sulfonamides is 1. The van der Waals surface area contributed by atoms with E-state index in [2.05, 4.69) is 22.2 Å². The van der Waals surface area contributed by atoms with E-state index in [1.165, 1.54) is 21.8 Å². The van der Waals surface area contributed by atoms with Crippen LogP contribution in [0.1, 0.15) is 31.2 Å². The fraction of sp³-hybridized carbons (Fsp3) is 0.407. The topological polar surface area (TPSA) is 98.8 Å². The Kier molecular flexibility index (Phi) is 9.05. The van der Waals surface area contributed by atoms with E-state index in [0.29, 0.717) is 36.8 Å². The molecule has 0 saturated carbocycles. The van der Waals surface area contributed by atoms with Gasteiger partial charge in [0.25, 0.3) is 10.0 Å². The molecular weight excluding hydrogens is 576 g/mol. The molecule has 2 aliphatic heterocycles. The molecule has 8 nitrogen and oxygen atoms in total. The number of halogens is 1. The van der Waals surface area contributed by atoms with Crippen LogP contribution in [0.3, 0.4) is 0 Å². The molecule has 3 aromatic rings. The van der Waals surface area contributed by atoms with E-state index in [1.54, 1.807) is 18.2 Å². The Labute approximate surface area is 242 Å². The zero-order valence-corrected chi connectivity index (χ0v) is 24.6. The number of piperidine rings is 1. The second-order valence-electron chi connectivity index (χ2n) is 9.80. The maximum atomic E-state index is 13.2. The first-order valence-corrected chi connectivity index (χ1v) is 16.5. The number of nitrogens with one attached hydrogen (secondary N) is 2. The Morgan fingerprint density at radius 3 is 2.49 bits per heavy atom. The number of thiophene rings is 2. The van der Waals surface area contributed by atoms with Crippen molar-refractivity contribution < 1.29 is 18.0 Å². The van der Waals surface area contributed by atoms with E-state index >= 15 is 0 Å². The van der Waals surface area contributed by atoms with E-state index in [4.69, 9.17) is 11.6 Å². The summed E-state index contributed by atoms with van der Waals surface area (Å²) in [5, 5.41) is 3.45. The van der Waals surface area contributed by atoms with Crippen LogP contribution in [0.25, 0.3) is 9.75 Å². The summed E-state index contributed by atoms with van der Waals surface area (Å²) in [4.78, 5) is 31.5. The third-order valence-electron chi connectivity index (χ3n) is 7.07. The summed E-state index contributed by atoms with van der Waals surface area (Å²) in [5.41, 5.74) is 1.19. The minimum atomic E-state index is -3.89. The van der Waals surface area contributed by atoms with Gasteiger partial charge in [0.2, 0.25) is 11.8 Å². The van der Waals surface area contributed by atoms with Crippen molar-refractivity contribution in [2.45, 2.75) is 48.5 Å². The maximum absolute atomic E-state index is 13.2. The van der Waals surface area contributed by atoms with Crippen molar-refractivity contribution in [2.75, 3.05) is 26.2 Å². The average molecular weight is 607 g/mol. The highest BCUT2D eigenvalue weighted by atomic mass is 35.5. The van der Waals surface area contributed by atoms with Crippen LogP contribution in [0.4, 0.5) is 0 Å². The number of hydrogen-bond donors (Lipinski definition) is 2. The number of benzene rings is 1. The molecule has 2 fully saturated rings. The van der Waals surface area contributed by atoms with E-state index in [9.17, 15) is 18.0 Å². The molecule has 12 heteroatoms. The van der Waals surface area contributed by atoms with Crippen LogP contribution < -0.4 is 10.0 Å². The molecule has 2 unspecified atom stereocenters. The highest BCUT2D eigenvalue weighted by Gasteiger charge is 2.36. The first kappa shape index (κ1) is 28.3. The molecule has 5 rings (SSSR count). The number of nitrogens with zero attached hydrogens (tertiary/aromatic N) is 2. The molecule has 208 valence electrons. The summed E-state index contributed by atoms with van der Waals surface area (Å²) >= 11 is 8.54. The Morgan fingerprint density at radius 1 is 0.974 bits per heavy atom. The van der Waals surface area contributed by atoms with E-state index in [1.807, 2.05) is 29.2 Å². The highest BCUT2D eigenvalue weighted by Crippen LogP contribution is 2.37. The highest BCUT2D eigenvalue weighted by molar-refractivity contribution is 7.91. The predicted octanol–water partition coefficient (Wildman–Crippen LogP) is 4.18. The molecule has 0 bridgehead atoms. The van der Waals surface area contributed by atoms with Gasteiger partial charge in [0.05, 0.1) is 10.9 Å². The molecule has 0 spiro atoms. The first-order valence-electron chi connectivity index (χ1n) is 13.0. The van der Waals surface area contributed by atoms with Gasteiger partial charge in [-0.15, -0.1) is 22.7 Å². The second-order valence-corrected chi connectivity index (χ2v) is 14.5. The molecule has 2 aliphatic rings. The van der Waals surface area contributed by atoms with Crippen LogP contribution in [-0.2, 0) is 26.2 Å². The minimum Gasteiger partial charge on any atom is -0.337 e. The van der Waals surface area contributed by atoms with Gasteiger partial charge >= 0.3 is 0 Å². The fourth-order valence-electron chi connectivity index (χ4n) is 5.11. The van der Waals surface area contributed by atoms with Crippen molar-refractivity contribution in [1.29, 1.82) is 0 Å². The van der Waals surface area contributed by atoms with Crippen molar-refractivity contribution >= 4 is 56.1 Å². The van der Waals surface area contributed by atoms with Gasteiger partial charge < -0.3 is 15.1 Å². The van der Waals surface area contributed by atoms with Crippen LogP contribution >= 0.6 is 34.3 Å². The summed E-state index contributed by atoms with van der Waals surface area (Å²) < 4.78 is 29.6. The lowest BCUT2D eigenvalue weighted by Gasteiger charge is -2.34. The summed E-state index contributed by atoms with van der Waals surface area (Å²) in [6.07, 6.45) is 2.87. The Balaban J connectivity index is 1.16. The van der Waals surface area contributed by atoms with Gasteiger partial charge in [0.1, 0.15) is 10.3 Å². The molecular formula is C27H31ClN4O4S3. The molecule has 2 aromatic heterocycles. The van der Waals surface area contributed by atoms with Crippen molar-refractivity contribution in [2.24, 2.45) is 0 Å². The van der Waals surface area contributed by atoms with Crippen LogP contribution in [0.15, 0.2) is 58.8 Å². The zero-order valence-electron chi connectivity index (χ0n) is 21.3. The minimum absolute atomic E-state index is 0.0332. The quantitative estimate of drug-likeness (QED) is 0.361. The van der Waals surface area contributed by atoms with Crippen LogP contribution in [-0.4, -0.2) is 68.3 Å². The van der Waals surface area contributed by atoms with Crippen molar-refractivity contribution in [3.05, 3.63) is 64.5 Å². The normalized spacial score (nSPS) is 20.1. The zero-order chi connectivity index (χ0) is 27.4. The molecule has 1 aromatic carbocycles. The lowest BCUT2D eigenvalue weighted by Crippen LogP contribution is -2.55. The van der Waals surface area contributed by atoms with Crippen LogP contribution in [0.2, 0.25) is 4.34 Å². The maximum Gasteiger partial charge on any atom is 0.250 e. The van der Waals surface area contributed by atoms with Crippen molar-refractivity contribution in [3.8, 4) is 9.75 Å². The van der Waals surface area contributed by atoms with E-state index < -0.39 is 16.1 Å². The van der Waals surface area contributed by atoms with Gasteiger partial charge in [0, 0.05) is 42.0 Å². The fourth-order valence-corrected chi connectivity index (χ4v) is 8.78. The lowest BCUT2D eigenvalue weighted by atomic mass is 10.1. The Hall–Kier alpha value is -2.28. The largest absolute Gasteiger partial charge is 0.337 e. The molecule has 39 heavy (non-hydrogen) atoms. The monoisotopic (exact) mass is 606 g/mol. The number of hydrogen-bond acceptors (Lipinski definition) is 7. The molecule has 2 atom stereocenters. The van der Waals surface area contributed by atoms with Gasteiger partial charge in [-0.05, 0) is 55.5 Å². The van der Waals surface area contributed by atoms with E-state index in [-0.39, 0.29) is 28.6 Å². The van der Waals surface area contributed by atoms with Gasteiger partial charge in [0.15, 0.2) is 0 Å². The third-order valence-corrected chi connectivity index (χ3v) is 11.5. The smallest absolute Gasteiger partial charge is 0.250 e. The van der Waals surface area contributed by atoms with E-state index in [0.717, 1.165) is 40.5 Å². The lowest BCUT2D eigenvalue weighted by molar-refractivity contribution is -0.143. The molecule has 2 N–H and O–H groups in total. The predicted molar refractivity (Wildman–Crippen MR) is 155 cm³/mol. The van der Waals surface area contributed by atoms with Crippen molar-refractivity contribution in [3.63, 3.8) is 0 Å². The Morgan fingerprint density at radius 2 is 1.72 bits per heavy atom. The molecule has 2 amide bonds. The van der Waals surface area contributed by atoms with Crippen molar-refractivity contribution in [1.82, 2.24) is 19.8 Å². The average Bonchev–Trinajstić information content (AvgIpc) is 3.68. The molecule has 0 radical (unpaired) electrons. The van der Waals surface area contributed by atoms with Gasteiger partial charge in [-0.25, -0.2) is 8.42 Å². The van der Waals surface area contributed by atoms with Crippen LogP contribution in [0, 0.1) is 0 Å². The number of amides is 2. The summed E-state index contributed by atoms with van der Waals surface area (Å²) in [6.45, 7) is 2.51. The number of carbonyl (C=O) groups excluding carboxylic acids is 2. The second kappa shape index (κ2) is 12.5. The van der Waals surface area contributed by atoms with Crippen LogP contribution in [0.5, 0.6) is 0 Å². The Bertz CT molecular complexity index is 1410. The molecule has 0 aliphatic carbocycles. The third kappa shape index (κ3) is 6.90. The summed E-state index contributed by atoms with van der Waals surface area (Å²) in [5.74, 6) is -0.439. The number of carbonyl (C=O) groups is 2. The van der Waals surface area contributed by atoms with Gasteiger partial charge in [-0.2, -0.15) is 4.72 Å². The molecule has 4 heterocycles. The standard InChI is InChI=1S/C27H31ClN4O4S3/c28-24-12-10-22(37-24)23-11-13-26(38-23)39(35,36)30-21-9-5-14-31(27(21)34)18-25(33)32-15-4-8-20(32)17-29-16-19-6-2-1-3-7-19/h1-3,6-7,10-13,20-21,29-30H,4-5,8-9,14-18H2. The van der Waals surface area contributed by atoms with Gasteiger partial charge in [-0.1, -0.05) is 41.9 Å². The SMILES string of the molecule is O=C1C(NS(=O)(=O)c2ccc(-c3ccc(Cl)s3)s2)CCCN1CC(=O)N1CCCC1CNCc1ccccc1. The molecule has 2 saturated heterocycles. The number of rotatable bonds is 10. The van der Waals surface area contributed by atoms with Gasteiger partial charge in [-0.3, -0.25) is 9.59 Å². The number of likely N-dealkylation sites (tertiary alicyclic amines) is 2. The summed E-state index contributed by atoms with van der Waals surface area (Å²) in [7, 11) is -3.89.